The van der Waals surface area contributed by atoms with Crippen molar-refractivity contribution in [3.8, 4) is 5.75 Å². The number of nitrogens with one attached hydrogen (secondary N) is 1. The van der Waals surface area contributed by atoms with Gasteiger partial charge in [0.15, 0.2) is 0 Å². The summed E-state index contributed by atoms with van der Waals surface area (Å²) in [7, 11) is 0. The van der Waals surface area contributed by atoms with Crippen LogP contribution >= 0.6 is 27.7 Å². The van der Waals surface area contributed by atoms with E-state index < -0.39 is 0 Å². The van der Waals surface area contributed by atoms with Crippen LogP contribution in [0.5, 0.6) is 5.75 Å². The third-order valence-corrected chi connectivity index (χ3v) is 5.19. The molecule has 0 saturated heterocycles. The van der Waals surface area contributed by atoms with Crippen LogP contribution in [0.25, 0.3) is 0 Å². The highest BCUT2D eigenvalue weighted by Crippen LogP contribution is 2.30. The Bertz CT molecular complexity index is 386. The number of hydrogen-bond acceptors (Lipinski definition) is 3. The maximum Gasteiger partial charge on any atom is 0.134 e. The third-order valence-electron chi connectivity index (χ3n) is 3.38. The van der Waals surface area contributed by atoms with Crippen molar-refractivity contribution in [1.29, 1.82) is 0 Å². The van der Waals surface area contributed by atoms with Crippen LogP contribution in [-0.4, -0.2) is 22.7 Å². The van der Waals surface area contributed by atoms with E-state index in [0.717, 1.165) is 21.8 Å². The molecule has 0 aliphatic heterocycles. The third kappa shape index (κ3) is 3.18. The molecule has 2 nitrogen and oxygen atoms in total. The van der Waals surface area contributed by atoms with Gasteiger partial charge < -0.3 is 10.4 Å². The molecule has 0 aromatic heterocycles. The van der Waals surface area contributed by atoms with E-state index in [1.807, 2.05) is 30.0 Å². The van der Waals surface area contributed by atoms with Gasteiger partial charge in [-0.1, -0.05) is 18.6 Å². The van der Waals surface area contributed by atoms with Crippen molar-refractivity contribution >= 4 is 27.7 Å². The van der Waals surface area contributed by atoms with Gasteiger partial charge in [-0.2, -0.15) is 11.8 Å². The lowest BCUT2D eigenvalue weighted by Gasteiger charge is -2.19. The number of benzene rings is 1. The number of rotatable bonds is 4. The van der Waals surface area contributed by atoms with Crippen molar-refractivity contribution in [2.75, 3.05) is 6.26 Å². The predicted molar refractivity (Wildman–Crippen MR) is 77.6 cm³/mol. The van der Waals surface area contributed by atoms with Gasteiger partial charge in [-0.25, -0.2) is 0 Å². The fraction of sp³-hybridized carbons (Fsp3) is 0.538. The zero-order chi connectivity index (χ0) is 12.3. The van der Waals surface area contributed by atoms with Crippen LogP contribution in [0.2, 0.25) is 0 Å². The number of phenols is 1. The van der Waals surface area contributed by atoms with Crippen molar-refractivity contribution in [3.63, 3.8) is 0 Å². The lowest BCUT2D eigenvalue weighted by molar-refractivity contribution is 0.454. The summed E-state index contributed by atoms with van der Waals surface area (Å²) in [4.78, 5) is 0. The maximum atomic E-state index is 9.90. The van der Waals surface area contributed by atoms with Gasteiger partial charge in [0.2, 0.25) is 0 Å². The first-order valence-electron chi connectivity index (χ1n) is 5.95. The molecule has 1 aromatic carbocycles. The van der Waals surface area contributed by atoms with Crippen LogP contribution in [0.15, 0.2) is 22.7 Å². The number of halogens is 1. The van der Waals surface area contributed by atoms with Crippen LogP contribution < -0.4 is 5.32 Å². The number of phenolic OH excluding ortho intramolecular Hbond substituents is 1. The highest BCUT2D eigenvalue weighted by atomic mass is 79.9. The van der Waals surface area contributed by atoms with Crippen LogP contribution in [0.4, 0.5) is 0 Å². The molecule has 0 bridgehead atoms. The monoisotopic (exact) mass is 315 g/mol. The number of thioether (sulfide) groups is 1. The van der Waals surface area contributed by atoms with Gasteiger partial charge >= 0.3 is 0 Å². The summed E-state index contributed by atoms with van der Waals surface area (Å²) >= 11 is 5.29. The van der Waals surface area contributed by atoms with Gasteiger partial charge in [0.25, 0.3) is 0 Å². The van der Waals surface area contributed by atoms with Crippen LogP contribution in [0.1, 0.15) is 24.8 Å². The standard InChI is InChI=1S/C13H18BrNOS/c1-17-12-7-3-6-11(12)15-8-9-4-2-5-10(14)13(9)16/h2,4-5,11-12,15-16H,3,6-8H2,1H3. The molecule has 0 heterocycles. The summed E-state index contributed by atoms with van der Waals surface area (Å²) in [6, 6.07) is 6.37. The van der Waals surface area contributed by atoms with E-state index in [0.29, 0.717) is 11.8 Å². The Labute approximate surface area is 115 Å². The molecule has 1 fully saturated rings. The minimum atomic E-state index is 0.360. The van der Waals surface area contributed by atoms with Gasteiger partial charge in [-0.15, -0.1) is 0 Å². The topological polar surface area (TPSA) is 32.3 Å². The van der Waals surface area contributed by atoms with Gasteiger partial charge in [0.05, 0.1) is 4.47 Å². The summed E-state index contributed by atoms with van der Waals surface area (Å²) in [5.41, 5.74) is 0.964. The maximum absolute atomic E-state index is 9.90. The van der Waals surface area contributed by atoms with Crippen LogP contribution in [0, 0.1) is 0 Å². The summed E-state index contributed by atoms with van der Waals surface area (Å²) in [5.74, 6) is 0.360. The molecule has 1 saturated carbocycles. The van der Waals surface area contributed by atoms with E-state index >= 15 is 0 Å². The fourth-order valence-electron chi connectivity index (χ4n) is 2.39. The van der Waals surface area contributed by atoms with Crippen molar-refractivity contribution in [3.05, 3.63) is 28.2 Å². The predicted octanol–water partition coefficient (Wildman–Crippen LogP) is 3.53. The molecule has 1 aromatic rings. The van der Waals surface area contributed by atoms with Gasteiger partial charge in [0.1, 0.15) is 5.75 Å². The molecule has 1 aliphatic rings. The smallest absolute Gasteiger partial charge is 0.134 e. The molecule has 2 unspecified atom stereocenters. The molecule has 4 heteroatoms. The summed E-state index contributed by atoms with van der Waals surface area (Å²) < 4.78 is 0.768. The molecule has 2 N–H and O–H groups in total. The van der Waals surface area contributed by atoms with Gasteiger partial charge in [-0.05, 0) is 41.1 Å². The second-order valence-corrected chi connectivity index (χ2v) is 6.37. The Morgan fingerprint density at radius 3 is 3.06 bits per heavy atom. The average molecular weight is 316 g/mol. The molecule has 0 radical (unpaired) electrons. The Hall–Kier alpha value is -0.190. The first-order valence-corrected chi connectivity index (χ1v) is 8.03. The van der Waals surface area contributed by atoms with E-state index in [1.165, 1.54) is 19.3 Å². The van der Waals surface area contributed by atoms with Crippen molar-refractivity contribution in [2.45, 2.75) is 37.1 Å². The zero-order valence-corrected chi connectivity index (χ0v) is 12.4. The Morgan fingerprint density at radius 2 is 2.29 bits per heavy atom. The van der Waals surface area contributed by atoms with E-state index in [2.05, 4.69) is 27.5 Å². The lowest BCUT2D eigenvalue weighted by Crippen LogP contribution is -2.33. The Kier molecular flexibility index (Phi) is 4.77. The second-order valence-electron chi connectivity index (χ2n) is 4.44. The average Bonchev–Trinajstić information content (AvgIpc) is 2.78. The summed E-state index contributed by atoms with van der Waals surface area (Å²) in [5, 5.41) is 14.2. The molecule has 94 valence electrons. The molecular weight excluding hydrogens is 298 g/mol. The first kappa shape index (κ1) is 13.2. The lowest BCUT2D eigenvalue weighted by atomic mass is 10.1. The normalized spacial score (nSPS) is 24.1. The Morgan fingerprint density at radius 1 is 1.47 bits per heavy atom. The fourth-order valence-corrected chi connectivity index (χ4v) is 3.76. The molecule has 0 spiro atoms. The Balaban J connectivity index is 1.95. The number of hydrogen-bond donors (Lipinski definition) is 2. The molecular formula is C13H18BrNOS. The molecule has 17 heavy (non-hydrogen) atoms. The minimum Gasteiger partial charge on any atom is -0.506 e. The number of para-hydroxylation sites is 1. The van der Waals surface area contributed by atoms with E-state index in [9.17, 15) is 5.11 Å². The zero-order valence-electron chi connectivity index (χ0n) is 9.95. The largest absolute Gasteiger partial charge is 0.506 e. The van der Waals surface area contributed by atoms with Crippen molar-refractivity contribution < 1.29 is 5.11 Å². The summed E-state index contributed by atoms with van der Waals surface area (Å²) in [6.45, 7) is 0.743. The SMILES string of the molecule is CSC1CCCC1NCc1cccc(Br)c1O. The molecule has 1 aliphatic carbocycles. The van der Waals surface area contributed by atoms with Crippen molar-refractivity contribution in [1.82, 2.24) is 5.32 Å². The van der Waals surface area contributed by atoms with Crippen molar-refractivity contribution in [2.24, 2.45) is 0 Å². The first-order chi connectivity index (χ1) is 8.22. The van der Waals surface area contributed by atoms with E-state index in [-0.39, 0.29) is 0 Å². The summed E-state index contributed by atoms with van der Waals surface area (Å²) in [6.07, 6.45) is 6.05. The highest BCUT2D eigenvalue weighted by molar-refractivity contribution is 9.10. The van der Waals surface area contributed by atoms with Gasteiger partial charge in [-0.3, -0.25) is 0 Å². The van der Waals surface area contributed by atoms with Crippen LogP contribution in [-0.2, 0) is 6.54 Å². The van der Waals surface area contributed by atoms with E-state index in [1.54, 1.807) is 0 Å². The molecule has 2 atom stereocenters. The molecule has 0 amide bonds. The minimum absolute atomic E-state index is 0.360. The van der Waals surface area contributed by atoms with E-state index in [4.69, 9.17) is 0 Å². The van der Waals surface area contributed by atoms with Crippen LogP contribution in [0.3, 0.4) is 0 Å². The highest BCUT2D eigenvalue weighted by Gasteiger charge is 2.25. The van der Waals surface area contributed by atoms with Gasteiger partial charge in [0, 0.05) is 23.4 Å². The number of aromatic hydroxyl groups is 1. The molecule has 2 rings (SSSR count). The second kappa shape index (κ2) is 6.12. The quantitative estimate of drug-likeness (QED) is 0.891.